The van der Waals surface area contributed by atoms with Crippen molar-refractivity contribution in [3.05, 3.63) is 54.2 Å². The van der Waals surface area contributed by atoms with Gasteiger partial charge in [0.1, 0.15) is 5.82 Å². The second-order valence-electron chi connectivity index (χ2n) is 8.00. The Morgan fingerprint density at radius 3 is 2.59 bits per heavy atom. The van der Waals surface area contributed by atoms with Gasteiger partial charge in [-0.1, -0.05) is 6.07 Å². The number of rotatable bonds is 4. The van der Waals surface area contributed by atoms with Gasteiger partial charge in [0.15, 0.2) is 0 Å². The van der Waals surface area contributed by atoms with E-state index >= 15 is 0 Å². The van der Waals surface area contributed by atoms with Crippen LogP contribution in [0, 0.1) is 0 Å². The predicted octanol–water partition coefficient (Wildman–Crippen LogP) is 2.84. The quantitative estimate of drug-likeness (QED) is 0.775. The minimum absolute atomic E-state index is 0.366. The summed E-state index contributed by atoms with van der Waals surface area (Å²) in [4.78, 5) is 18.8. The smallest absolute Gasteiger partial charge is 0.248 e. The lowest BCUT2D eigenvalue weighted by molar-refractivity contribution is 0.0969. The van der Waals surface area contributed by atoms with Crippen molar-refractivity contribution in [3.63, 3.8) is 0 Å². The summed E-state index contributed by atoms with van der Waals surface area (Å²) in [5, 5.41) is 1.17. The van der Waals surface area contributed by atoms with Crippen molar-refractivity contribution in [2.45, 2.75) is 50.4 Å². The number of fused-ring (bicyclic) bond motifs is 3. The Kier molecular flexibility index (Phi) is 3.82. The van der Waals surface area contributed by atoms with Gasteiger partial charge in [-0.3, -0.25) is 9.69 Å². The molecule has 0 radical (unpaired) electrons. The Balaban J connectivity index is 1.41. The minimum atomic E-state index is -0.366. The van der Waals surface area contributed by atoms with Crippen LogP contribution in [0.3, 0.4) is 0 Å². The molecule has 0 spiro atoms. The molecule has 2 saturated heterocycles. The molecule has 2 aromatic heterocycles. The van der Waals surface area contributed by atoms with Crippen LogP contribution in [0.5, 0.6) is 0 Å². The Bertz CT molecular complexity index is 989. The summed E-state index contributed by atoms with van der Waals surface area (Å²) in [7, 11) is 2.07. The van der Waals surface area contributed by atoms with E-state index in [1.165, 1.54) is 18.2 Å². The Morgan fingerprint density at radius 1 is 1.15 bits per heavy atom. The molecule has 2 aliphatic heterocycles. The van der Waals surface area contributed by atoms with Crippen LogP contribution >= 0.6 is 0 Å². The third-order valence-electron chi connectivity index (χ3n) is 6.51. The van der Waals surface area contributed by atoms with Crippen LogP contribution in [-0.4, -0.2) is 37.0 Å². The van der Waals surface area contributed by atoms with E-state index in [1.807, 2.05) is 30.6 Å². The van der Waals surface area contributed by atoms with Crippen LogP contribution in [0.25, 0.3) is 10.9 Å². The highest BCUT2D eigenvalue weighted by Crippen LogP contribution is 2.42. The second-order valence-corrected chi connectivity index (χ2v) is 8.00. The molecule has 6 nitrogen and oxygen atoms in total. The Labute approximate surface area is 158 Å². The molecule has 2 bridgehead atoms. The van der Waals surface area contributed by atoms with Crippen LogP contribution in [0.1, 0.15) is 47.9 Å². The number of nitrogens with two attached hydrogens (primary N) is 1. The van der Waals surface area contributed by atoms with Gasteiger partial charge in [0.25, 0.3) is 0 Å². The highest BCUT2D eigenvalue weighted by Gasteiger charge is 2.41. The average Bonchev–Trinajstić information content (AvgIpc) is 3.32. The van der Waals surface area contributed by atoms with Crippen molar-refractivity contribution in [2.75, 3.05) is 0 Å². The number of carbonyl (C=O) groups excluding carboxylic acids is 1. The zero-order valence-electron chi connectivity index (χ0n) is 15.6. The van der Waals surface area contributed by atoms with Gasteiger partial charge in [-0.2, -0.15) is 0 Å². The number of benzene rings is 1. The number of aryl methyl sites for hydroxylation is 1. The Hall–Kier alpha value is -2.60. The molecular weight excluding hydrogens is 338 g/mol. The molecule has 1 aromatic carbocycles. The first kappa shape index (κ1) is 16.6. The molecule has 140 valence electrons. The van der Waals surface area contributed by atoms with Crippen molar-refractivity contribution in [1.82, 2.24) is 19.0 Å². The fourth-order valence-electron chi connectivity index (χ4n) is 5.06. The topological polar surface area (TPSA) is 69.1 Å². The van der Waals surface area contributed by atoms with E-state index in [4.69, 9.17) is 5.73 Å². The summed E-state index contributed by atoms with van der Waals surface area (Å²) in [5.74, 6) is 0.775. The molecule has 0 saturated carbocycles. The van der Waals surface area contributed by atoms with Crippen LogP contribution in [0.15, 0.2) is 42.9 Å². The maximum absolute atomic E-state index is 11.6. The van der Waals surface area contributed by atoms with Gasteiger partial charge in [0.05, 0.1) is 6.54 Å². The van der Waals surface area contributed by atoms with Crippen LogP contribution in [0.2, 0.25) is 0 Å². The van der Waals surface area contributed by atoms with Gasteiger partial charge in [0, 0.05) is 54.8 Å². The lowest BCUT2D eigenvalue weighted by atomic mass is 9.96. The molecule has 27 heavy (non-hydrogen) atoms. The van der Waals surface area contributed by atoms with Crippen molar-refractivity contribution in [3.8, 4) is 0 Å². The third kappa shape index (κ3) is 2.75. The first-order chi connectivity index (χ1) is 13.1. The van der Waals surface area contributed by atoms with Crippen molar-refractivity contribution in [2.24, 2.45) is 12.8 Å². The summed E-state index contributed by atoms with van der Waals surface area (Å²) in [5.41, 5.74) is 7.19. The van der Waals surface area contributed by atoms with Gasteiger partial charge in [-0.25, -0.2) is 4.98 Å². The van der Waals surface area contributed by atoms with E-state index < -0.39 is 0 Å². The SMILES string of the molecule is Cn1ccnc1CN1[C@@H]2CC[C@H]1CC(n1ccc3ccc(C(N)=O)cc31)C2. The number of amides is 1. The lowest BCUT2D eigenvalue weighted by Gasteiger charge is -2.39. The molecule has 3 aromatic rings. The third-order valence-corrected chi connectivity index (χ3v) is 6.51. The summed E-state index contributed by atoms with van der Waals surface area (Å²) in [6.45, 7) is 0.934. The monoisotopic (exact) mass is 363 g/mol. The number of carbonyl (C=O) groups is 1. The summed E-state index contributed by atoms with van der Waals surface area (Å²) >= 11 is 0. The lowest BCUT2D eigenvalue weighted by Crippen LogP contribution is -2.43. The van der Waals surface area contributed by atoms with Gasteiger partial charge < -0.3 is 14.9 Å². The van der Waals surface area contributed by atoms with E-state index in [-0.39, 0.29) is 5.91 Å². The second kappa shape index (κ2) is 6.23. The molecule has 5 rings (SSSR count). The molecule has 4 heterocycles. The number of hydrogen-bond donors (Lipinski definition) is 1. The number of aromatic nitrogens is 3. The van der Waals surface area contributed by atoms with E-state index in [1.54, 1.807) is 0 Å². The van der Waals surface area contributed by atoms with Crippen molar-refractivity contribution in [1.29, 1.82) is 0 Å². The molecule has 2 fully saturated rings. The number of piperidine rings is 1. The predicted molar refractivity (Wildman–Crippen MR) is 104 cm³/mol. The molecule has 6 heteroatoms. The van der Waals surface area contributed by atoms with Gasteiger partial charge >= 0.3 is 0 Å². The van der Waals surface area contributed by atoms with E-state index in [2.05, 4.69) is 38.3 Å². The Morgan fingerprint density at radius 2 is 1.93 bits per heavy atom. The van der Waals surface area contributed by atoms with Crippen LogP contribution < -0.4 is 5.73 Å². The fraction of sp³-hybridized carbons (Fsp3) is 0.429. The highest BCUT2D eigenvalue weighted by atomic mass is 16.1. The maximum atomic E-state index is 11.6. The molecular formula is C21H25N5O. The largest absolute Gasteiger partial charge is 0.366 e. The average molecular weight is 363 g/mol. The van der Waals surface area contributed by atoms with E-state index in [0.29, 0.717) is 23.7 Å². The zero-order chi connectivity index (χ0) is 18.5. The summed E-state index contributed by atoms with van der Waals surface area (Å²) in [6, 6.07) is 9.57. The van der Waals surface area contributed by atoms with Crippen molar-refractivity contribution < 1.29 is 4.79 Å². The first-order valence-electron chi connectivity index (χ1n) is 9.72. The maximum Gasteiger partial charge on any atom is 0.248 e. The molecule has 1 amide bonds. The minimum Gasteiger partial charge on any atom is -0.366 e. The molecule has 0 aliphatic carbocycles. The van der Waals surface area contributed by atoms with Crippen LogP contribution in [-0.2, 0) is 13.6 Å². The van der Waals surface area contributed by atoms with Crippen LogP contribution in [0.4, 0.5) is 0 Å². The van der Waals surface area contributed by atoms with Gasteiger partial charge in [0.2, 0.25) is 5.91 Å². The fourth-order valence-corrected chi connectivity index (χ4v) is 5.06. The van der Waals surface area contributed by atoms with Gasteiger partial charge in [-0.15, -0.1) is 0 Å². The summed E-state index contributed by atoms with van der Waals surface area (Å²) in [6.07, 6.45) is 10.9. The zero-order valence-corrected chi connectivity index (χ0v) is 15.6. The normalized spacial score (nSPS) is 25.3. The van der Waals surface area contributed by atoms with Gasteiger partial charge in [-0.05, 0) is 49.3 Å². The number of imidazole rings is 1. The number of primary amides is 1. The molecule has 2 N–H and O–H groups in total. The first-order valence-corrected chi connectivity index (χ1v) is 9.72. The molecule has 2 aliphatic rings. The molecule has 3 atom stereocenters. The van der Waals surface area contributed by atoms with E-state index in [0.717, 1.165) is 30.7 Å². The van der Waals surface area contributed by atoms with E-state index in [9.17, 15) is 4.79 Å². The highest BCUT2D eigenvalue weighted by molar-refractivity contribution is 5.97. The number of nitrogens with zero attached hydrogens (tertiary/aromatic N) is 4. The standard InChI is InChI=1S/C21H25N5O/c1-24-9-7-23-20(24)13-26-16-4-5-17(26)12-18(11-16)25-8-6-14-2-3-15(21(22)27)10-19(14)25/h2-3,6-10,16-18H,4-5,11-13H2,1H3,(H2,22,27)/t16-,17+,18?. The summed E-state index contributed by atoms with van der Waals surface area (Å²) < 4.78 is 4.49. The number of hydrogen-bond acceptors (Lipinski definition) is 3. The van der Waals surface area contributed by atoms with Crippen molar-refractivity contribution >= 4 is 16.8 Å². The molecule has 1 unspecified atom stereocenters.